The molecule has 92 valence electrons. The number of aromatic carboxylic acids is 1. The number of aromatic nitrogens is 3. The summed E-state index contributed by atoms with van der Waals surface area (Å²) >= 11 is 0. The van der Waals surface area contributed by atoms with Crippen LogP contribution in [0.2, 0.25) is 0 Å². The van der Waals surface area contributed by atoms with Gasteiger partial charge in [-0.15, -0.1) is 0 Å². The van der Waals surface area contributed by atoms with Crippen LogP contribution in [0.25, 0.3) is 0 Å². The first-order valence-electron chi connectivity index (χ1n) is 5.30. The van der Waals surface area contributed by atoms with Crippen LogP contribution in [-0.2, 0) is 6.54 Å². The van der Waals surface area contributed by atoms with Crippen LogP contribution < -0.4 is 5.56 Å². The van der Waals surface area contributed by atoms with E-state index >= 15 is 0 Å². The van der Waals surface area contributed by atoms with Crippen LogP contribution in [0.1, 0.15) is 21.7 Å². The van der Waals surface area contributed by atoms with E-state index in [2.05, 4.69) is 10.1 Å². The first kappa shape index (κ1) is 12.0. The number of carboxylic acids is 1. The minimum atomic E-state index is -1.07. The van der Waals surface area contributed by atoms with Crippen LogP contribution in [0.15, 0.2) is 35.3 Å². The lowest BCUT2D eigenvalue weighted by atomic mass is 10.2. The summed E-state index contributed by atoms with van der Waals surface area (Å²) in [5.41, 5.74) is 0.780. The summed E-state index contributed by atoms with van der Waals surface area (Å²) in [7, 11) is 0. The average Bonchev–Trinajstić information content (AvgIpc) is 2.34. The van der Waals surface area contributed by atoms with Crippen LogP contribution in [0, 0.1) is 6.92 Å². The van der Waals surface area contributed by atoms with Gasteiger partial charge in [0, 0.05) is 12.3 Å². The summed E-state index contributed by atoms with van der Waals surface area (Å²) < 4.78 is 1.20. The Kier molecular flexibility index (Phi) is 3.18. The smallest absolute Gasteiger partial charge is 0.337 e. The summed E-state index contributed by atoms with van der Waals surface area (Å²) in [6.45, 7) is 1.80. The molecule has 0 aromatic carbocycles. The lowest BCUT2D eigenvalue weighted by Crippen LogP contribution is -2.24. The number of pyridine rings is 1. The fourth-order valence-electron chi connectivity index (χ4n) is 1.56. The second kappa shape index (κ2) is 4.79. The van der Waals surface area contributed by atoms with Crippen molar-refractivity contribution < 1.29 is 9.90 Å². The number of carbonyl (C=O) groups is 1. The van der Waals surface area contributed by atoms with Crippen molar-refractivity contribution in [3.05, 3.63) is 57.8 Å². The molecule has 0 amide bonds. The van der Waals surface area contributed by atoms with E-state index in [1.165, 1.54) is 23.0 Å². The molecule has 0 spiro atoms. The number of hydrogen-bond donors (Lipinski definition) is 1. The predicted molar refractivity (Wildman–Crippen MR) is 63.5 cm³/mol. The van der Waals surface area contributed by atoms with E-state index in [1.807, 2.05) is 0 Å². The van der Waals surface area contributed by atoms with Crippen molar-refractivity contribution in [3.63, 3.8) is 0 Å². The van der Waals surface area contributed by atoms with Gasteiger partial charge in [0.2, 0.25) is 0 Å². The Morgan fingerprint density at radius 1 is 1.39 bits per heavy atom. The van der Waals surface area contributed by atoms with Gasteiger partial charge in [-0.25, -0.2) is 9.48 Å². The van der Waals surface area contributed by atoms with Gasteiger partial charge in [0.1, 0.15) is 0 Å². The Morgan fingerprint density at radius 2 is 2.17 bits per heavy atom. The van der Waals surface area contributed by atoms with Gasteiger partial charge in [-0.3, -0.25) is 9.78 Å². The van der Waals surface area contributed by atoms with Crippen molar-refractivity contribution in [3.8, 4) is 0 Å². The molecule has 0 aliphatic carbocycles. The highest BCUT2D eigenvalue weighted by atomic mass is 16.4. The Balaban J connectivity index is 2.43. The molecule has 6 heteroatoms. The van der Waals surface area contributed by atoms with Crippen LogP contribution in [0.3, 0.4) is 0 Å². The monoisotopic (exact) mass is 245 g/mol. The summed E-state index contributed by atoms with van der Waals surface area (Å²) in [6, 6.07) is 5.99. The fraction of sp³-hybridized carbons (Fsp3) is 0.167. The largest absolute Gasteiger partial charge is 0.478 e. The Labute approximate surface area is 103 Å². The summed E-state index contributed by atoms with van der Waals surface area (Å²) in [5.74, 6) is -1.07. The number of hydrogen-bond acceptors (Lipinski definition) is 4. The van der Waals surface area contributed by atoms with E-state index in [0.29, 0.717) is 11.4 Å². The zero-order chi connectivity index (χ0) is 13.1. The van der Waals surface area contributed by atoms with Gasteiger partial charge in [-0.05, 0) is 25.1 Å². The van der Waals surface area contributed by atoms with Crippen LogP contribution in [0.5, 0.6) is 0 Å². The van der Waals surface area contributed by atoms with E-state index in [1.54, 1.807) is 19.1 Å². The van der Waals surface area contributed by atoms with Crippen molar-refractivity contribution in [2.75, 3.05) is 0 Å². The van der Waals surface area contributed by atoms with E-state index in [0.717, 1.165) is 0 Å². The molecule has 0 aliphatic heterocycles. The Morgan fingerprint density at radius 3 is 2.89 bits per heavy atom. The van der Waals surface area contributed by atoms with Gasteiger partial charge in [-0.1, -0.05) is 0 Å². The van der Waals surface area contributed by atoms with Crippen LogP contribution in [0.4, 0.5) is 0 Å². The van der Waals surface area contributed by atoms with Crippen LogP contribution >= 0.6 is 0 Å². The molecule has 0 saturated heterocycles. The van der Waals surface area contributed by atoms with Crippen molar-refractivity contribution in [1.82, 2.24) is 14.8 Å². The minimum Gasteiger partial charge on any atom is -0.478 e. The number of carboxylic acid groups (broad SMARTS) is 1. The second-order valence-corrected chi connectivity index (χ2v) is 3.77. The molecule has 0 fully saturated rings. The highest BCUT2D eigenvalue weighted by Gasteiger charge is 2.11. The van der Waals surface area contributed by atoms with Gasteiger partial charge in [0.15, 0.2) is 0 Å². The standard InChI is InChI=1S/C12H11N3O3/c1-8-4-5-11(16)15(14-8)7-10-9(12(17)18)3-2-6-13-10/h2-6H,7H2,1H3,(H,17,18). The number of rotatable bonds is 3. The average molecular weight is 245 g/mol. The maximum atomic E-state index is 11.6. The van der Waals surface area contributed by atoms with Gasteiger partial charge < -0.3 is 5.11 Å². The third-order valence-electron chi connectivity index (χ3n) is 2.42. The van der Waals surface area contributed by atoms with E-state index in [9.17, 15) is 9.59 Å². The van der Waals surface area contributed by atoms with Gasteiger partial charge in [0.25, 0.3) is 5.56 Å². The minimum absolute atomic E-state index is 0.0446. The molecule has 0 unspecified atom stereocenters. The lowest BCUT2D eigenvalue weighted by molar-refractivity contribution is 0.0695. The van der Waals surface area contributed by atoms with E-state index < -0.39 is 5.97 Å². The topological polar surface area (TPSA) is 85.1 Å². The predicted octanol–water partition coefficient (Wildman–Crippen LogP) is 0.693. The molecule has 0 radical (unpaired) electrons. The van der Waals surface area contributed by atoms with E-state index in [4.69, 9.17) is 5.11 Å². The zero-order valence-electron chi connectivity index (χ0n) is 9.70. The van der Waals surface area contributed by atoms with Gasteiger partial charge >= 0.3 is 5.97 Å². The molecule has 2 aromatic heterocycles. The van der Waals surface area contributed by atoms with Crippen molar-refractivity contribution in [1.29, 1.82) is 0 Å². The first-order valence-corrected chi connectivity index (χ1v) is 5.30. The van der Waals surface area contributed by atoms with Crippen molar-refractivity contribution in [2.24, 2.45) is 0 Å². The van der Waals surface area contributed by atoms with Crippen LogP contribution in [-0.4, -0.2) is 25.8 Å². The van der Waals surface area contributed by atoms with E-state index in [-0.39, 0.29) is 17.7 Å². The third-order valence-corrected chi connectivity index (χ3v) is 2.42. The molecule has 2 heterocycles. The molecule has 1 N–H and O–H groups in total. The van der Waals surface area contributed by atoms with Crippen molar-refractivity contribution in [2.45, 2.75) is 13.5 Å². The summed E-state index contributed by atoms with van der Waals surface area (Å²) in [4.78, 5) is 26.6. The maximum absolute atomic E-state index is 11.6. The molecule has 6 nitrogen and oxygen atoms in total. The number of nitrogens with zero attached hydrogens (tertiary/aromatic N) is 3. The molecule has 2 aromatic rings. The highest BCUT2D eigenvalue weighted by Crippen LogP contribution is 2.06. The van der Waals surface area contributed by atoms with Crippen molar-refractivity contribution >= 4 is 5.97 Å². The molecular weight excluding hydrogens is 234 g/mol. The third kappa shape index (κ3) is 2.42. The quantitative estimate of drug-likeness (QED) is 0.860. The normalized spacial score (nSPS) is 10.3. The van der Waals surface area contributed by atoms with Gasteiger partial charge in [-0.2, -0.15) is 5.10 Å². The Hall–Kier alpha value is -2.50. The SMILES string of the molecule is Cc1ccc(=O)n(Cc2ncccc2C(=O)O)n1. The molecule has 18 heavy (non-hydrogen) atoms. The Bertz CT molecular complexity index is 649. The molecule has 0 saturated carbocycles. The maximum Gasteiger partial charge on any atom is 0.337 e. The molecule has 0 atom stereocenters. The fourth-order valence-corrected chi connectivity index (χ4v) is 1.56. The summed E-state index contributed by atoms with van der Waals surface area (Å²) in [5, 5.41) is 13.1. The number of aryl methyl sites for hydroxylation is 1. The molecule has 2 rings (SSSR count). The molecular formula is C12H11N3O3. The molecule has 0 aliphatic rings. The lowest BCUT2D eigenvalue weighted by Gasteiger charge is -2.06. The first-order chi connectivity index (χ1) is 8.58. The highest BCUT2D eigenvalue weighted by molar-refractivity contribution is 5.88. The van der Waals surface area contributed by atoms with Gasteiger partial charge in [0.05, 0.1) is 23.5 Å². The molecule has 0 bridgehead atoms. The summed E-state index contributed by atoms with van der Waals surface area (Å²) in [6.07, 6.45) is 1.49. The second-order valence-electron chi connectivity index (χ2n) is 3.77. The zero-order valence-corrected chi connectivity index (χ0v) is 9.70.